The van der Waals surface area contributed by atoms with Crippen LogP contribution in [0.1, 0.15) is 22.1 Å². The second kappa shape index (κ2) is 4.23. The van der Waals surface area contributed by atoms with Gasteiger partial charge in [-0.3, -0.25) is 0 Å². The topological polar surface area (TPSA) is 66.6 Å². The molecule has 1 aromatic rings. The highest BCUT2D eigenvalue weighted by atomic mass is 16.4. The molecule has 0 atom stereocenters. The molecule has 0 saturated heterocycles. The van der Waals surface area contributed by atoms with E-state index in [1.165, 1.54) is 0 Å². The highest BCUT2D eigenvalue weighted by Gasteiger charge is 2.17. The van der Waals surface area contributed by atoms with Gasteiger partial charge in [-0.1, -0.05) is 0 Å². The van der Waals surface area contributed by atoms with Gasteiger partial charge in [-0.15, -0.1) is 0 Å². The fourth-order valence-corrected chi connectivity index (χ4v) is 1.14. The Morgan fingerprint density at radius 1 is 1.57 bits per heavy atom. The van der Waals surface area contributed by atoms with Gasteiger partial charge in [0.2, 0.25) is 5.76 Å². The number of carboxylic acids is 1. The van der Waals surface area contributed by atoms with Crippen LogP contribution in [0, 0.1) is 6.92 Å². The number of nitrogens with zero attached hydrogens (tertiary/aromatic N) is 2. The summed E-state index contributed by atoms with van der Waals surface area (Å²) in [5.41, 5.74) is 0.517. The highest BCUT2D eigenvalue weighted by Crippen LogP contribution is 2.11. The molecule has 14 heavy (non-hydrogen) atoms. The Kier molecular flexibility index (Phi) is 3.24. The van der Waals surface area contributed by atoms with Crippen molar-refractivity contribution in [2.45, 2.75) is 13.3 Å². The Labute approximate surface area is 82.4 Å². The summed E-state index contributed by atoms with van der Waals surface area (Å²) in [6.45, 7) is 2.40. The first kappa shape index (κ1) is 10.7. The lowest BCUT2D eigenvalue weighted by Crippen LogP contribution is -2.16. The molecule has 0 aliphatic heterocycles. The minimum atomic E-state index is -1.06. The van der Waals surface area contributed by atoms with Gasteiger partial charge in [-0.2, -0.15) is 0 Å². The lowest BCUT2D eigenvalue weighted by molar-refractivity contribution is 0.0659. The van der Waals surface area contributed by atoms with E-state index in [0.29, 0.717) is 18.0 Å². The number of hydrogen-bond acceptors (Lipinski definition) is 4. The molecular formula is C9H14N2O3. The maximum atomic E-state index is 10.7. The second-order valence-corrected chi connectivity index (χ2v) is 3.37. The molecule has 0 aromatic carbocycles. The zero-order valence-corrected chi connectivity index (χ0v) is 8.57. The summed E-state index contributed by atoms with van der Waals surface area (Å²) in [6.07, 6.45) is 0.589. The van der Waals surface area contributed by atoms with E-state index in [1.54, 1.807) is 6.92 Å². The first-order chi connectivity index (χ1) is 6.50. The summed E-state index contributed by atoms with van der Waals surface area (Å²) in [4.78, 5) is 16.7. The van der Waals surface area contributed by atoms with E-state index in [0.717, 1.165) is 6.54 Å². The number of carboxylic acid groups (broad SMARTS) is 1. The van der Waals surface area contributed by atoms with Crippen LogP contribution in [0.4, 0.5) is 0 Å². The average molecular weight is 198 g/mol. The van der Waals surface area contributed by atoms with Gasteiger partial charge in [0.05, 0.1) is 5.69 Å². The highest BCUT2D eigenvalue weighted by molar-refractivity contribution is 5.85. The van der Waals surface area contributed by atoms with Crippen LogP contribution in [0.25, 0.3) is 0 Å². The van der Waals surface area contributed by atoms with Crippen molar-refractivity contribution >= 4 is 5.97 Å². The zero-order valence-electron chi connectivity index (χ0n) is 8.57. The molecule has 5 heteroatoms. The molecule has 5 nitrogen and oxygen atoms in total. The molecule has 0 aliphatic rings. The van der Waals surface area contributed by atoms with Crippen molar-refractivity contribution in [1.29, 1.82) is 0 Å². The van der Waals surface area contributed by atoms with Crippen molar-refractivity contribution in [2.24, 2.45) is 0 Å². The van der Waals surface area contributed by atoms with E-state index in [4.69, 9.17) is 9.52 Å². The van der Waals surface area contributed by atoms with Gasteiger partial charge in [-0.05, 0) is 14.1 Å². The molecule has 0 aliphatic carbocycles. The van der Waals surface area contributed by atoms with Gasteiger partial charge in [0.25, 0.3) is 0 Å². The summed E-state index contributed by atoms with van der Waals surface area (Å²) in [5.74, 6) is -0.695. The van der Waals surface area contributed by atoms with Gasteiger partial charge in [-0.25, -0.2) is 9.78 Å². The summed E-state index contributed by atoms with van der Waals surface area (Å²) >= 11 is 0. The number of aromatic carboxylic acids is 1. The number of carbonyl (C=O) groups is 1. The fourth-order valence-electron chi connectivity index (χ4n) is 1.14. The van der Waals surface area contributed by atoms with Gasteiger partial charge < -0.3 is 14.4 Å². The van der Waals surface area contributed by atoms with Crippen LogP contribution in [0.3, 0.4) is 0 Å². The summed E-state index contributed by atoms with van der Waals surface area (Å²) in [5, 5.41) is 8.80. The molecule has 78 valence electrons. The largest absolute Gasteiger partial charge is 0.475 e. The molecule has 0 fully saturated rings. The molecule has 0 spiro atoms. The van der Waals surface area contributed by atoms with E-state index < -0.39 is 5.97 Å². The van der Waals surface area contributed by atoms with Crippen molar-refractivity contribution in [3.05, 3.63) is 17.3 Å². The molecule has 0 unspecified atom stereocenters. The van der Waals surface area contributed by atoms with Crippen molar-refractivity contribution in [3.8, 4) is 0 Å². The normalized spacial score (nSPS) is 10.9. The molecule has 0 radical (unpaired) electrons. The molecule has 0 amide bonds. The lowest BCUT2D eigenvalue weighted by atomic mass is 10.2. The molecule has 1 N–H and O–H groups in total. The SMILES string of the molecule is Cc1nc(CCN(C)C)c(C(=O)O)o1. The maximum Gasteiger partial charge on any atom is 0.373 e. The number of oxazole rings is 1. The van der Waals surface area contributed by atoms with Gasteiger partial charge in [0.15, 0.2) is 5.89 Å². The lowest BCUT2D eigenvalue weighted by Gasteiger charge is -2.06. The smallest absolute Gasteiger partial charge is 0.373 e. The first-order valence-corrected chi connectivity index (χ1v) is 4.35. The third kappa shape index (κ3) is 2.56. The quantitative estimate of drug-likeness (QED) is 0.774. The third-order valence-electron chi connectivity index (χ3n) is 1.79. The fraction of sp³-hybridized carbons (Fsp3) is 0.556. The minimum Gasteiger partial charge on any atom is -0.475 e. The summed E-state index contributed by atoms with van der Waals surface area (Å²) in [7, 11) is 3.85. The Bertz CT molecular complexity index is 331. The maximum absolute atomic E-state index is 10.7. The van der Waals surface area contributed by atoms with Gasteiger partial charge >= 0.3 is 5.97 Å². The number of likely N-dealkylation sites (N-methyl/N-ethyl adjacent to an activating group) is 1. The second-order valence-electron chi connectivity index (χ2n) is 3.37. The molecule has 1 heterocycles. The average Bonchev–Trinajstić information content (AvgIpc) is 2.43. The Balaban J connectivity index is 2.79. The van der Waals surface area contributed by atoms with Crippen LogP contribution < -0.4 is 0 Å². The Morgan fingerprint density at radius 2 is 2.21 bits per heavy atom. The number of aryl methyl sites for hydroxylation is 1. The minimum absolute atomic E-state index is 0.0376. The van der Waals surface area contributed by atoms with Crippen molar-refractivity contribution in [1.82, 2.24) is 9.88 Å². The van der Waals surface area contributed by atoms with E-state index in [-0.39, 0.29) is 5.76 Å². The van der Waals surface area contributed by atoms with Gasteiger partial charge in [0.1, 0.15) is 0 Å². The van der Waals surface area contributed by atoms with Crippen LogP contribution in [-0.2, 0) is 6.42 Å². The first-order valence-electron chi connectivity index (χ1n) is 4.35. The summed E-state index contributed by atoms with van der Waals surface area (Å²) < 4.78 is 4.98. The van der Waals surface area contributed by atoms with Crippen molar-refractivity contribution < 1.29 is 14.3 Å². The number of rotatable bonds is 4. The van der Waals surface area contributed by atoms with E-state index in [2.05, 4.69) is 4.98 Å². The number of aromatic nitrogens is 1. The Morgan fingerprint density at radius 3 is 2.71 bits per heavy atom. The predicted molar refractivity (Wildman–Crippen MR) is 50.5 cm³/mol. The molecule has 0 bridgehead atoms. The van der Waals surface area contributed by atoms with Crippen LogP contribution in [0.2, 0.25) is 0 Å². The Hall–Kier alpha value is -1.36. The summed E-state index contributed by atoms with van der Waals surface area (Å²) in [6, 6.07) is 0. The van der Waals surface area contributed by atoms with Crippen molar-refractivity contribution in [2.75, 3.05) is 20.6 Å². The predicted octanol–water partition coefficient (Wildman–Crippen LogP) is 0.785. The van der Waals surface area contributed by atoms with E-state index >= 15 is 0 Å². The zero-order chi connectivity index (χ0) is 10.7. The van der Waals surface area contributed by atoms with E-state index in [1.807, 2.05) is 19.0 Å². The van der Waals surface area contributed by atoms with E-state index in [9.17, 15) is 4.79 Å². The third-order valence-corrected chi connectivity index (χ3v) is 1.79. The number of hydrogen-bond donors (Lipinski definition) is 1. The van der Waals surface area contributed by atoms with Crippen LogP contribution >= 0.6 is 0 Å². The molecule has 1 aromatic heterocycles. The molecule has 0 saturated carbocycles. The monoisotopic (exact) mass is 198 g/mol. The van der Waals surface area contributed by atoms with Crippen molar-refractivity contribution in [3.63, 3.8) is 0 Å². The standard InChI is InChI=1S/C9H14N2O3/c1-6-10-7(4-5-11(2)3)8(14-6)9(12)13/h4-5H2,1-3H3,(H,12,13). The molecule has 1 rings (SSSR count). The van der Waals surface area contributed by atoms with Crippen LogP contribution in [0.5, 0.6) is 0 Å². The van der Waals surface area contributed by atoms with Crippen LogP contribution in [0.15, 0.2) is 4.42 Å². The molecular weight excluding hydrogens is 184 g/mol. The van der Waals surface area contributed by atoms with Crippen LogP contribution in [-0.4, -0.2) is 41.6 Å². The van der Waals surface area contributed by atoms with Gasteiger partial charge in [0, 0.05) is 19.9 Å².